The Hall–Kier alpha value is -3.06. The monoisotopic (exact) mass is 276 g/mol. The third-order valence-corrected chi connectivity index (χ3v) is 3.11. The number of benzene rings is 2. The highest BCUT2D eigenvalue weighted by Gasteiger charge is 2.04. The summed E-state index contributed by atoms with van der Waals surface area (Å²) in [4.78, 5) is 0. The third kappa shape index (κ3) is 2.77. The summed E-state index contributed by atoms with van der Waals surface area (Å²) in [6, 6.07) is 18.8. The molecule has 4 heteroatoms. The second-order valence-corrected chi connectivity index (χ2v) is 4.57. The molecule has 0 amide bonds. The van der Waals surface area contributed by atoms with Crippen molar-refractivity contribution < 1.29 is 9.15 Å². The summed E-state index contributed by atoms with van der Waals surface area (Å²) >= 11 is 0. The van der Waals surface area contributed by atoms with E-state index in [1.807, 2.05) is 48.5 Å². The Labute approximate surface area is 121 Å². The first-order valence-corrected chi connectivity index (χ1v) is 6.45. The van der Waals surface area contributed by atoms with E-state index in [1.54, 1.807) is 12.1 Å². The Morgan fingerprint density at radius 1 is 1.10 bits per heavy atom. The highest BCUT2D eigenvalue weighted by atomic mass is 16.5. The van der Waals surface area contributed by atoms with E-state index < -0.39 is 0 Å². The number of hydrogen-bond donors (Lipinski definition) is 1. The van der Waals surface area contributed by atoms with Crippen LogP contribution in [0.4, 0.5) is 0 Å². The number of nitriles is 1. The molecule has 0 atom stereocenters. The van der Waals surface area contributed by atoms with E-state index in [1.165, 1.54) is 0 Å². The number of ether oxygens (including phenoxy) is 1. The van der Waals surface area contributed by atoms with Crippen LogP contribution in [0, 0.1) is 16.7 Å². The van der Waals surface area contributed by atoms with Crippen molar-refractivity contribution >= 4 is 11.0 Å². The van der Waals surface area contributed by atoms with Crippen molar-refractivity contribution in [3.63, 3.8) is 0 Å². The van der Waals surface area contributed by atoms with E-state index in [2.05, 4.69) is 0 Å². The molecule has 0 unspecified atom stereocenters. The first kappa shape index (κ1) is 12.9. The van der Waals surface area contributed by atoms with Gasteiger partial charge in [-0.05, 0) is 23.8 Å². The molecule has 3 rings (SSSR count). The fraction of sp³-hybridized carbons (Fsp3) is 0.0588. The Morgan fingerprint density at radius 3 is 2.67 bits per heavy atom. The van der Waals surface area contributed by atoms with Gasteiger partial charge in [0.15, 0.2) is 0 Å². The Kier molecular flexibility index (Phi) is 3.40. The van der Waals surface area contributed by atoms with Gasteiger partial charge in [-0.15, -0.1) is 0 Å². The van der Waals surface area contributed by atoms with Gasteiger partial charge < -0.3 is 9.15 Å². The van der Waals surface area contributed by atoms with Gasteiger partial charge in [-0.3, -0.25) is 5.41 Å². The first-order chi connectivity index (χ1) is 10.3. The molecule has 0 aliphatic heterocycles. The Morgan fingerprint density at radius 2 is 1.90 bits per heavy atom. The van der Waals surface area contributed by atoms with Crippen molar-refractivity contribution in [2.45, 2.75) is 6.61 Å². The van der Waals surface area contributed by atoms with Gasteiger partial charge in [-0.25, -0.2) is 0 Å². The molecule has 1 N–H and O–H groups in total. The minimum absolute atomic E-state index is 0.134. The zero-order valence-corrected chi connectivity index (χ0v) is 11.2. The highest BCUT2D eigenvalue weighted by Crippen LogP contribution is 2.21. The van der Waals surface area contributed by atoms with E-state index in [0.717, 1.165) is 10.9 Å². The molecular formula is C17H12N2O2. The number of nitrogens with zero attached hydrogens (tertiary/aromatic N) is 1. The Bertz CT molecular complexity index is 877. The average Bonchev–Trinajstić information content (AvgIpc) is 2.53. The maximum absolute atomic E-state index is 8.89. The van der Waals surface area contributed by atoms with Crippen LogP contribution in [0.15, 0.2) is 59.0 Å². The average molecular weight is 276 g/mol. The lowest BCUT2D eigenvalue weighted by atomic mass is 10.2. The standard InChI is InChI=1S/C17H12N2O2/c18-10-14-8-13-6-7-15(9-16(13)21-17(14)19)20-11-12-4-2-1-3-5-12/h1-9,19H,11H2. The molecule has 0 saturated carbocycles. The van der Waals surface area contributed by atoms with E-state index in [4.69, 9.17) is 19.8 Å². The molecule has 1 aromatic heterocycles. The van der Waals surface area contributed by atoms with E-state index in [-0.39, 0.29) is 11.1 Å². The fourth-order valence-electron chi connectivity index (χ4n) is 2.02. The molecule has 21 heavy (non-hydrogen) atoms. The topological polar surface area (TPSA) is 70.0 Å². The van der Waals surface area contributed by atoms with Crippen molar-refractivity contribution in [2.24, 2.45) is 0 Å². The lowest BCUT2D eigenvalue weighted by Gasteiger charge is -2.07. The van der Waals surface area contributed by atoms with Gasteiger partial charge in [0.1, 0.15) is 29.6 Å². The summed E-state index contributed by atoms with van der Waals surface area (Å²) in [6.07, 6.45) is 0. The first-order valence-electron chi connectivity index (χ1n) is 6.45. The van der Waals surface area contributed by atoms with Gasteiger partial charge in [0, 0.05) is 11.5 Å². The van der Waals surface area contributed by atoms with Crippen LogP contribution in [-0.2, 0) is 6.61 Å². The van der Waals surface area contributed by atoms with E-state index in [9.17, 15) is 0 Å². The molecule has 0 saturated heterocycles. The van der Waals surface area contributed by atoms with Crippen LogP contribution in [0.2, 0.25) is 0 Å². The lowest BCUT2D eigenvalue weighted by molar-refractivity contribution is 0.306. The summed E-state index contributed by atoms with van der Waals surface area (Å²) in [5, 5.41) is 17.3. The van der Waals surface area contributed by atoms with Crippen molar-refractivity contribution in [2.75, 3.05) is 0 Å². The van der Waals surface area contributed by atoms with Crippen LogP contribution in [-0.4, -0.2) is 0 Å². The van der Waals surface area contributed by atoms with Gasteiger partial charge in [0.05, 0.1) is 0 Å². The maximum Gasteiger partial charge on any atom is 0.229 e. The molecular weight excluding hydrogens is 264 g/mol. The molecule has 0 aliphatic rings. The summed E-state index contributed by atoms with van der Waals surface area (Å²) in [5.74, 6) is 0.666. The fourth-order valence-corrected chi connectivity index (χ4v) is 2.02. The third-order valence-electron chi connectivity index (χ3n) is 3.11. The maximum atomic E-state index is 8.89. The van der Waals surface area contributed by atoms with Crippen LogP contribution >= 0.6 is 0 Å². The SMILES string of the molecule is N#Cc1cc2ccc(OCc3ccccc3)cc2oc1=N. The van der Waals surface area contributed by atoms with Gasteiger partial charge in [0.2, 0.25) is 5.55 Å². The molecule has 0 radical (unpaired) electrons. The largest absolute Gasteiger partial charge is 0.489 e. The molecule has 3 aromatic rings. The molecule has 0 aliphatic carbocycles. The number of rotatable bonds is 3. The van der Waals surface area contributed by atoms with Crippen molar-refractivity contribution in [1.82, 2.24) is 0 Å². The summed E-state index contributed by atoms with van der Waals surface area (Å²) in [6.45, 7) is 0.469. The molecule has 2 aromatic carbocycles. The molecule has 1 heterocycles. The molecule has 0 spiro atoms. The zero-order chi connectivity index (χ0) is 14.7. The second kappa shape index (κ2) is 5.51. The number of nitrogens with one attached hydrogen (secondary N) is 1. The second-order valence-electron chi connectivity index (χ2n) is 4.57. The van der Waals surface area contributed by atoms with Gasteiger partial charge >= 0.3 is 0 Å². The molecule has 0 bridgehead atoms. The van der Waals surface area contributed by atoms with Crippen molar-refractivity contribution in [1.29, 1.82) is 10.7 Å². The minimum Gasteiger partial charge on any atom is -0.489 e. The molecule has 4 nitrogen and oxygen atoms in total. The quantitative estimate of drug-likeness (QED) is 0.797. The lowest BCUT2D eigenvalue weighted by Crippen LogP contribution is -2.03. The van der Waals surface area contributed by atoms with Gasteiger partial charge in [0.25, 0.3) is 0 Å². The van der Waals surface area contributed by atoms with Crippen LogP contribution < -0.4 is 10.3 Å². The highest BCUT2D eigenvalue weighted by molar-refractivity contribution is 5.79. The van der Waals surface area contributed by atoms with Crippen LogP contribution in [0.1, 0.15) is 11.1 Å². The van der Waals surface area contributed by atoms with Gasteiger partial charge in [-0.1, -0.05) is 30.3 Å². The molecule has 102 valence electrons. The number of hydrogen-bond acceptors (Lipinski definition) is 4. The van der Waals surface area contributed by atoms with E-state index >= 15 is 0 Å². The normalized spacial score (nSPS) is 10.2. The summed E-state index contributed by atoms with van der Waals surface area (Å²) in [7, 11) is 0. The van der Waals surface area contributed by atoms with Crippen LogP contribution in [0.25, 0.3) is 11.0 Å². The van der Waals surface area contributed by atoms with E-state index in [0.29, 0.717) is 17.9 Å². The van der Waals surface area contributed by atoms with Gasteiger partial charge in [-0.2, -0.15) is 5.26 Å². The van der Waals surface area contributed by atoms with Crippen LogP contribution in [0.5, 0.6) is 5.75 Å². The predicted molar refractivity (Wildman–Crippen MR) is 77.6 cm³/mol. The summed E-state index contributed by atoms with van der Waals surface area (Å²) < 4.78 is 11.1. The minimum atomic E-state index is -0.134. The smallest absolute Gasteiger partial charge is 0.229 e. The Balaban J connectivity index is 1.88. The zero-order valence-electron chi connectivity index (χ0n) is 11.2. The van der Waals surface area contributed by atoms with Crippen molar-refractivity contribution in [3.8, 4) is 11.8 Å². The molecule has 0 fully saturated rings. The summed E-state index contributed by atoms with van der Waals surface area (Å²) in [5.41, 5.74) is 1.70. The van der Waals surface area contributed by atoms with Crippen molar-refractivity contribution in [3.05, 3.63) is 71.3 Å². The number of fused-ring (bicyclic) bond motifs is 1. The van der Waals surface area contributed by atoms with Crippen LogP contribution in [0.3, 0.4) is 0 Å². The predicted octanol–water partition coefficient (Wildman–Crippen LogP) is 3.36.